The number of para-hydroxylation sites is 1. The Balaban J connectivity index is 1.66. The largest absolute Gasteiger partial charge is 0.298 e. The lowest BCUT2D eigenvalue weighted by Gasteiger charge is -2.19. The topological polar surface area (TPSA) is 68.5 Å². The highest BCUT2D eigenvalue weighted by molar-refractivity contribution is 8.01. The van der Waals surface area contributed by atoms with E-state index in [1.807, 2.05) is 51.1 Å². The Morgan fingerprint density at radius 2 is 1.56 bits per heavy atom. The maximum atomic E-state index is 14.7. The van der Waals surface area contributed by atoms with Crippen LogP contribution in [0.25, 0.3) is 17.1 Å². The molecule has 0 saturated carbocycles. The molecular weight excluding hydrogens is 430 g/mol. The Kier molecular flexibility index (Phi) is 6.45. The van der Waals surface area contributed by atoms with Crippen LogP contribution in [0.15, 0.2) is 60.9 Å². The van der Waals surface area contributed by atoms with Crippen LogP contribution >= 0.6 is 11.9 Å². The fourth-order valence-corrected chi connectivity index (χ4v) is 3.88. The van der Waals surface area contributed by atoms with E-state index in [2.05, 4.69) is 24.9 Å². The Bertz CT molecular complexity index is 1180. The van der Waals surface area contributed by atoms with Crippen molar-refractivity contribution in [1.82, 2.24) is 24.7 Å². The zero-order valence-corrected chi connectivity index (χ0v) is 18.6. The first kappa shape index (κ1) is 21.9. The van der Waals surface area contributed by atoms with Crippen LogP contribution in [-0.2, 0) is 0 Å². The first-order valence-corrected chi connectivity index (χ1v) is 11.0. The number of nitrogens with zero attached hydrogens (tertiary/aromatic N) is 5. The Hall–Kier alpha value is -3.33. The lowest BCUT2D eigenvalue weighted by atomic mass is 10.1. The van der Waals surface area contributed by atoms with Crippen LogP contribution in [0.5, 0.6) is 0 Å². The van der Waals surface area contributed by atoms with Crippen LogP contribution in [0.2, 0.25) is 0 Å². The smallest absolute Gasteiger partial charge is 0.239 e. The third kappa shape index (κ3) is 4.47. The minimum absolute atomic E-state index is 0.0308. The summed E-state index contributed by atoms with van der Waals surface area (Å²) in [5.41, 5.74) is 1.45. The molecule has 4 aromatic rings. The maximum Gasteiger partial charge on any atom is 0.239 e. The minimum atomic E-state index is -0.704. The number of rotatable bonds is 7. The highest BCUT2D eigenvalue weighted by atomic mass is 32.2. The molecule has 0 amide bonds. The molecule has 9 heteroatoms. The van der Waals surface area contributed by atoms with Gasteiger partial charge < -0.3 is 0 Å². The summed E-state index contributed by atoms with van der Waals surface area (Å²) in [6.07, 6.45) is 3.57. The van der Waals surface area contributed by atoms with Gasteiger partial charge in [-0.25, -0.2) is 18.7 Å². The molecule has 2 unspecified atom stereocenters. The van der Waals surface area contributed by atoms with Gasteiger partial charge in [-0.05, 0) is 36.6 Å². The predicted octanol–water partition coefficient (Wildman–Crippen LogP) is 5.56. The second kappa shape index (κ2) is 9.44. The van der Waals surface area contributed by atoms with Gasteiger partial charge in [-0.1, -0.05) is 50.2 Å². The molecule has 2 aromatic heterocycles. The van der Waals surface area contributed by atoms with E-state index in [0.717, 1.165) is 11.4 Å². The predicted molar refractivity (Wildman–Crippen MR) is 123 cm³/mol. The van der Waals surface area contributed by atoms with Gasteiger partial charge in [0.2, 0.25) is 5.95 Å². The van der Waals surface area contributed by atoms with E-state index < -0.39 is 11.6 Å². The zero-order chi connectivity index (χ0) is 22.7. The third-order valence-electron chi connectivity index (χ3n) is 5.10. The molecule has 2 heterocycles. The number of aromatic nitrogens is 5. The van der Waals surface area contributed by atoms with Crippen molar-refractivity contribution in [2.45, 2.75) is 31.9 Å². The van der Waals surface area contributed by atoms with E-state index in [1.54, 1.807) is 12.4 Å². The molecule has 0 aliphatic heterocycles. The van der Waals surface area contributed by atoms with Gasteiger partial charge in [-0.15, -0.1) is 10.2 Å². The number of aryl methyl sites for hydroxylation is 1. The summed E-state index contributed by atoms with van der Waals surface area (Å²) >= 11 is 1.37. The van der Waals surface area contributed by atoms with E-state index in [1.165, 1.54) is 34.7 Å². The summed E-state index contributed by atoms with van der Waals surface area (Å²) in [4.78, 5) is 8.80. The van der Waals surface area contributed by atoms with Crippen molar-refractivity contribution in [3.8, 4) is 17.1 Å². The van der Waals surface area contributed by atoms with Crippen LogP contribution in [0.4, 0.5) is 14.7 Å². The molecule has 0 aliphatic rings. The van der Waals surface area contributed by atoms with Crippen molar-refractivity contribution >= 4 is 17.9 Å². The van der Waals surface area contributed by atoms with Crippen molar-refractivity contribution in [3.63, 3.8) is 0 Å². The first-order chi connectivity index (χ1) is 15.5. The molecule has 0 bridgehead atoms. The molecule has 0 aliphatic carbocycles. The van der Waals surface area contributed by atoms with Crippen molar-refractivity contribution < 1.29 is 8.78 Å². The fraction of sp³-hybridized carbons (Fsp3) is 0.217. The van der Waals surface area contributed by atoms with Crippen molar-refractivity contribution in [1.29, 1.82) is 0 Å². The summed E-state index contributed by atoms with van der Waals surface area (Å²) in [6.45, 7) is 5.99. The van der Waals surface area contributed by atoms with Gasteiger partial charge >= 0.3 is 0 Å². The van der Waals surface area contributed by atoms with E-state index in [-0.39, 0.29) is 22.8 Å². The number of halogens is 2. The summed E-state index contributed by atoms with van der Waals surface area (Å²) in [5.74, 6) is -0.0942. The van der Waals surface area contributed by atoms with Crippen molar-refractivity contribution in [2.24, 2.45) is 0 Å². The van der Waals surface area contributed by atoms with Gasteiger partial charge in [0.25, 0.3) is 0 Å². The molecule has 1 N–H and O–H groups in total. The lowest BCUT2D eigenvalue weighted by molar-refractivity contribution is 0.570. The van der Waals surface area contributed by atoms with Crippen molar-refractivity contribution in [3.05, 3.63) is 83.9 Å². The zero-order valence-electron chi connectivity index (χ0n) is 17.8. The molecule has 2 aromatic carbocycles. The standard InChI is InChI=1S/C23H22F2N6S/c1-14-12-26-21(27-13-14)15(2)16(3)32-30-23-29-28-22(17-8-5-4-6-9-17)31(23)20-18(24)10-7-11-19(20)25/h4-13,15-16H,1-3H3,(H,29,30). The summed E-state index contributed by atoms with van der Waals surface area (Å²) < 4.78 is 33.9. The quantitative estimate of drug-likeness (QED) is 0.370. The average molecular weight is 453 g/mol. The van der Waals surface area contributed by atoms with Gasteiger partial charge in [0.1, 0.15) is 23.1 Å². The van der Waals surface area contributed by atoms with E-state index >= 15 is 0 Å². The van der Waals surface area contributed by atoms with Gasteiger partial charge in [0, 0.05) is 29.1 Å². The molecule has 0 radical (unpaired) electrons. The van der Waals surface area contributed by atoms with Gasteiger partial charge in [0.05, 0.1) is 0 Å². The molecule has 0 fully saturated rings. The Morgan fingerprint density at radius 3 is 2.22 bits per heavy atom. The highest BCUT2D eigenvalue weighted by Crippen LogP contribution is 2.32. The molecule has 32 heavy (non-hydrogen) atoms. The Labute approximate surface area is 189 Å². The van der Waals surface area contributed by atoms with Gasteiger partial charge in [0.15, 0.2) is 5.82 Å². The van der Waals surface area contributed by atoms with Crippen LogP contribution in [-0.4, -0.2) is 30.0 Å². The fourth-order valence-electron chi connectivity index (χ4n) is 3.13. The van der Waals surface area contributed by atoms with Crippen LogP contribution < -0.4 is 4.72 Å². The molecule has 164 valence electrons. The van der Waals surface area contributed by atoms with Crippen LogP contribution in [0.1, 0.15) is 31.2 Å². The second-order valence-electron chi connectivity index (χ2n) is 7.45. The normalized spacial score (nSPS) is 13.0. The summed E-state index contributed by atoms with van der Waals surface area (Å²) in [6, 6.07) is 12.9. The van der Waals surface area contributed by atoms with Crippen LogP contribution in [0.3, 0.4) is 0 Å². The van der Waals surface area contributed by atoms with Crippen LogP contribution in [0, 0.1) is 18.6 Å². The number of benzene rings is 2. The minimum Gasteiger partial charge on any atom is -0.298 e. The SMILES string of the molecule is Cc1cnc(C(C)C(C)SNc2nnc(-c3ccccc3)n2-c2c(F)cccc2F)nc1. The molecule has 4 rings (SSSR count). The van der Waals surface area contributed by atoms with E-state index in [4.69, 9.17) is 0 Å². The highest BCUT2D eigenvalue weighted by Gasteiger charge is 2.23. The number of nitrogens with one attached hydrogen (secondary N) is 1. The average Bonchev–Trinajstić information content (AvgIpc) is 3.21. The number of anilines is 1. The van der Waals surface area contributed by atoms with E-state index in [0.29, 0.717) is 11.4 Å². The Morgan fingerprint density at radius 1 is 0.906 bits per heavy atom. The molecule has 6 nitrogen and oxygen atoms in total. The molecule has 0 spiro atoms. The van der Waals surface area contributed by atoms with Gasteiger partial charge in [-0.2, -0.15) is 0 Å². The van der Waals surface area contributed by atoms with Crippen molar-refractivity contribution in [2.75, 3.05) is 4.72 Å². The lowest BCUT2D eigenvalue weighted by Crippen LogP contribution is -2.15. The third-order valence-corrected chi connectivity index (χ3v) is 6.19. The summed E-state index contributed by atoms with van der Waals surface area (Å²) in [7, 11) is 0. The second-order valence-corrected chi connectivity index (χ2v) is 8.63. The molecule has 2 atom stereocenters. The molecular formula is C23H22F2N6S. The number of hydrogen-bond donors (Lipinski definition) is 1. The summed E-state index contributed by atoms with van der Waals surface area (Å²) in [5, 5.41) is 8.43. The number of hydrogen-bond acceptors (Lipinski definition) is 6. The van der Waals surface area contributed by atoms with E-state index in [9.17, 15) is 8.78 Å². The van der Waals surface area contributed by atoms with Gasteiger partial charge in [-0.3, -0.25) is 9.29 Å². The monoisotopic (exact) mass is 452 g/mol. The first-order valence-electron chi connectivity index (χ1n) is 10.1. The maximum absolute atomic E-state index is 14.7. The molecule has 0 saturated heterocycles.